The summed E-state index contributed by atoms with van der Waals surface area (Å²) in [6.07, 6.45) is 1.16. The number of anilines is 1. The van der Waals surface area contributed by atoms with Gasteiger partial charge in [0.2, 0.25) is 0 Å². The number of hydrogen-bond acceptors (Lipinski definition) is 2. The van der Waals surface area contributed by atoms with E-state index >= 15 is 0 Å². The summed E-state index contributed by atoms with van der Waals surface area (Å²) in [5.74, 6) is 0. The Bertz CT molecular complexity index is 399. The second kappa shape index (κ2) is 2.76. The van der Waals surface area contributed by atoms with Gasteiger partial charge < -0.3 is 10.6 Å². The van der Waals surface area contributed by atoms with Gasteiger partial charge in [0.15, 0.2) is 0 Å². The van der Waals surface area contributed by atoms with Crippen LogP contribution in [0, 0.1) is 0 Å². The maximum absolute atomic E-state index is 6.11. The molecule has 80 valence electrons. The van der Waals surface area contributed by atoms with Gasteiger partial charge in [-0.15, -0.1) is 0 Å². The molecule has 2 aliphatic rings. The van der Waals surface area contributed by atoms with E-state index in [-0.39, 0.29) is 0 Å². The van der Waals surface area contributed by atoms with Crippen molar-refractivity contribution >= 4 is 5.69 Å². The number of nitrogens with zero attached hydrogens (tertiary/aromatic N) is 1. The zero-order valence-electron chi connectivity index (χ0n) is 9.40. The van der Waals surface area contributed by atoms with Crippen LogP contribution in [0.15, 0.2) is 24.3 Å². The Balaban J connectivity index is 2.09. The molecule has 0 bridgehead atoms. The number of benzene rings is 1. The minimum Gasteiger partial charge on any atom is -0.368 e. The molecule has 0 aromatic heterocycles. The second-order valence-corrected chi connectivity index (χ2v) is 5.21. The van der Waals surface area contributed by atoms with Crippen molar-refractivity contribution in [2.45, 2.75) is 37.8 Å². The SMILES string of the molecule is CC(C)N1CC2(CC2N)c2ccccc21. The van der Waals surface area contributed by atoms with Gasteiger partial charge in [-0.1, -0.05) is 18.2 Å². The Morgan fingerprint density at radius 3 is 2.67 bits per heavy atom. The molecule has 0 radical (unpaired) electrons. The molecule has 1 spiro atoms. The van der Waals surface area contributed by atoms with E-state index in [1.54, 1.807) is 0 Å². The molecular weight excluding hydrogens is 184 g/mol. The molecule has 1 aromatic rings. The zero-order chi connectivity index (χ0) is 10.6. The van der Waals surface area contributed by atoms with Crippen LogP contribution in [0.5, 0.6) is 0 Å². The van der Waals surface area contributed by atoms with Crippen molar-refractivity contribution in [3.05, 3.63) is 29.8 Å². The van der Waals surface area contributed by atoms with Gasteiger partial charge in [0, 0.05) is 29.7 Å². The maximum Gasteiger partial charge on any atom is 0.0408 e. The third-order valence-corrected chi connectivity index (χ3v) is 3.96. The van der Waals surface area contributed by atoms with E-state index in [1.165, 1.54) is 11.3 Å². The topological polar surface area (TPSA) is 29.3 Å². The van der Waals surface area contributed by atoms with Gasteiger partial charge in [-0.3, -0.25) is 0 Å². The molecule has 1 heterocycles. The lowest BCUT2D eigenvalue weighted by molar-refractivity contribution is 0.624. The summed E-state index contributed by atoms with van der Waals surface area (Å²) >= 11 is 0. The average Bonchev–Trinajstić information content (AvgIpc) is 2.72. The van der Waals surface area contributed by atoms with Crippen LogP contribution >= 0.6 is 0 Å². The predicted octanol–water partition coefficient (Wildman–Crippen LogP) is 1.88. The Morgan fingerprint density at radius 1 is 1.40 bits per heavy atom. The third kappa shape index (κ3) is 1.08. The number of hydrogen-bond donors (Lipinski definition) is 1. The van der Waals surface area contributed by atoms with E-state index < -0.39 is 0 Å². The fraction of sp³-hybridized carbons (Fsp3) is 0.538. The van der Waals surface area contributed by atoms with Gasteiger partial charge in [-0.2, -0.15) is 0 Å². The van der Waals surface area contributed by atoms with Gasteiger partial charge in [0.05, 0.1) is 0 Å². The number of para-hydroxylation sites is 1. The number of rotatable bonds is 1. The minimum absolute atomic E-state index is 0.293. The number of fused-ring (bicyclic) bond motifs is 2. The van der Waals surface area contributed by atoms with Crippen molar-refractivity contribution in [1.29, 1.82) is 0 Å². The average molecular weight is 202 g/mol. The van der Waals surface area contributed by atoms with E-state index in [4.69, 9.17) is 5.73 Å². The normalized spacial score (nSPS) is 32.5. The first kappa shape index (κ1) is 9.22. The molecule has 2 nitrogen and oxygen atoms in total. The summed E-state index contributed by atoms with van der Waals surface area (Å²) in [4.78, 5) is 2.49. The van der Waals surface area contributed by atoms with Crippen molar-refractivity contribution < 1.29 is 0 Å². The first-order chi connectivity index (χ1) is 7.15. The van der Waals surface area contributed by atoms with Crippen molar-refractivity contribution in [1.82, 2.24) is 0 Å². The van der Waals surface area contributed by atoms with Crippen LogP contribution in [0.2, 0.25) is 0 Å². The van der Waals surface area contributed by atoms with Crippen LogP contribution in [-0.2, 0) is 5.41 Å². The lowest BCUT2D eigenvalue weighted by atomic mass is 9.98. The van der Waals surface area contributed by atoms with Crippen LogP contribution in [0.4, 0.5) is 5.69 Å². The Kier molecular flexibility index (Phi) is 1.70. The van der Waals surface area contributed by atoms with Crippen LogP contribution in [0.3, 0.4) is 0 Å². The van der Waals surface area contributed by atoms with Crippen molar-refractivity contribution in [2.75, 3.05) is 11.4 Å². The van der Waals surface area contributed by atoms with E-state index in [1.807, 2.05) is 0 Å². The molecule has 1 fully saturated rings. The summed E-state index contributed by atoms with van der Waals surface area (Å²) in [6, 6.07) is 9.69. The lowest BCUT2D eigenvalue weighted by Gasteiger charge is -2.24. The smallest absolute Gasteiger partial charge is 0.0408 e. The molecule has 2 heteroatoms. The van der Waals surface area contributed by atoms with Crippen LogP contribution in [0.25, 0.3) is 0 Å². The van der Waals surface area contributed by atoms with Gasteiger partial charge >= 0.3 is 0 Å². The summed E-state index contributed by atoms with van der Waals surface area (Å²) in [7, 11) is 0. The molecule has 3 rings (SSSR count). The second-order valence-electron chi connectivity index (χ2n) is 5.21. The molecule has 1 aromatic carbocycles. The fourth-order valence-corrected chi connectivity index (χ4v) is 2.91. The quantitative estimate of drug-likeness (QED) is 0.753. The molecule has 0 amide bonds. The summed E-state index contributed by atoms with van der Waals surface area (Å²) in [5.41, 5.74) is 9.29. The third-order valence-electron chi connectivity index (χ3n) is 3.96. The molecule has 2 N–H and O–H groups in total. The molecule has 2 atom stereocenters. The molecule has 0 saturated heterocycles. The Labute approximate surface area is 91.1 Å². The molecule has 2 unspecified atom stereocenters. The first-order valence-electron chi connectivity index (χ1n) is 5.77. The van der Waals surface area contributed by atoms with E-state index in [9.17, 15) is 0 Å². The Morgan fingerprint density at radius 2 is 2.07 bits per heavy atom. The highest BCUT2D eigenvalue weighted by Crippen LogP contribution is 2.55. The molecule has 15 heavy (non-hydrogen) atoms. The zero-order valence-corrected chi connectivity index (χ0v) is 9.40. The highest BCUT2D eigenvalue weighted by atomic mass is 15.2. The van der Waals surface area contributed by atoms with E-state index in [2.05, 4.69) is 43.0 Å². The van der Waals surface area contributed by atoms with Crippen molar-refractivity contribution in [3.8, 4) is 0 Å². The van der Waals surface area contributed by atoms with Crippen LogP contribution in [0.1, 0.15) is 25.8 Å². The molecule has 1 aliphatic heterocycles. The summed E-state index contributed by atoms with van der Waals surface area (Å²) in [5, 5.41) is 0. The van der Waals surface area contributed by atoms with Gasteiger partial charge in [0.25, 0.3) is 0 Å². The van der Waals surface area contributed by atoms with Crippen molar-refractivity contribution in [2.24, 2.45) is 5.73 Å². The first-order valence-corrected chi connectivity index (χ1v) is 5.77. The number of nitrogens with two attached hydrogens (primary N) is 1. The highest BCUT2D eigenvalue weighted by molar-refractivity contribution is 5.66. The lowest BCUT2D eigenvalue weighted by Crippen LogP contribution is -2.33. The van der Waals surface area contributed by atoms with Gasteiger partial charge in [-0.25, -0.2) is 0 Å². The van der Waals surface area contributed by atoms with Gasteiger partial charge in [0.1, 0.15) is 0 Å². The van der Waals surface area contributed by atoms with Gasteiger partial charge in [-0.05, 0) is 31.9 Å². The highest BCUT2D eigenvalue weighted by Gasteiger charge is 2.58. The largest absolute Gasteiger partial charge is 0.368 e. The van der Waals surface area contributed by atoms with Crippen LogP contribution in [-0.4, -0.2) is 18.6 Å². The fourth-order valence-electron chi connectivity index (χ4n) is 2.91. The summed E-state index contributed by atoms with van der Waals surface area (Å²) < 4.78 is 0. The Hall–Kier alpha value is -1.02. The molecule has 1 saturated carbocycles. The predicted molar refractivity (Wildman–Crippen MR) is 63.2 cm³/mol. The standard InChI is InChI=1S/C13H18N2/c1-9(2)15-8-13(7-12(13)14)10-5-3-4-6-11(10)15/h3-6,9,12H,7-8,14H2,1-2H3. The maximum atomic E-state index is 6.11. The van der Waals surface area contributed by atoms with E-state index in [0.717, 1.165) is 13.0 Å². The minimum atomic E-state index is 0.293. The monoisotopic (exact) mass is 202 g/mol. The van der Waals surface area contributed by atoms with Crippen LogP contribution < -0.4 is 10.6 Å². The molecular formula is C13H18N2. The van der Waals surface area contributed by atoms with E-state index in [0.29, 0.717) is 17.5 Å². The summed E-state index contributed by atoms with van der Waals surface area (Å²) in [6.45, 7) is 5.62. The van der Waals surface area contributed by atoms with Crippen molar-refractivity contribution in [3.63, 3.8) is 0 Å². The molecule has 1 aliphatic carbocycles.